The van der Waals surface area contributed by atoms with E-state index >= 15 is 0 Å². The van der Waals surface area contributed by atoms with E-state index in [0.29, 0.717) is 37.6 Å². The van der Waals surface area contributed by atoms with Crippen molar-refractivity contribution in [3.8, 4) is 11.5 Å². The highest BCUT2D eigenvalue weighted by Gasteiger charge is 2.35. The fourth-order valence-electron chi connectivity index (χ4n) is 4.68. The molecule has 4 rings (SSSR count). The van der Waals surface area contributed by atoms with Gasteiger partial charge in [0.05, 0.1) is 14.2 Å². The number of Topliss-reactive ketones (excluding diaryl/α,β-unsaturated/α-hetero) is 1. The molecule has 1 saturated heterocycles. The largest absolute Gasteiger partial charge is 0.493 e. The summed E-state index contributed by atoms with van der Waals surface area (Å²) in [6, 6.07) is 18.2. The number of para-hydroxylation sites is 1. The summed E-state index contributed by atoms with van der Waals surface area (Å²) in [7, 11) is 3.22. The first-order valence-corrected chi connectivity index (χ1v) is 11.0. The van der Waals surface area contributed by atoms with Gasteiger partial charge in [0.2, 0.25) is 0 Å². The van der Waals surface area contributed by atoms with E-state index in [0.717, 1.165) is 16.7 Å². The third-order valence-electron chi connectivity index (χ3n) is 6.28. The summed E-state index contributed by atoms with van der Waals surface area (Å²) in [5, 5.41) is 0. The SMILES string of the molecule is COc1cccc(CN2CCC(=O)C(C(c3ccc(F)cc3)c3ccc(F)cc3)C2)c1OC.Cl. The number of ketones is 1. The Morgan fingerprint density at radius 3 is 2.03 bits per heavy atom. The molecule has 0 aliphatic carbocycles. The van der Waals surface area contributed by atoms with Crippen molar-refractivity contribution in [1.29, 1.82) is 0 Å². The van der Waals surface area contributed by atoms with Crippen molar-refractivity contribution >= 4 is 18.2 Å². The standard InChI is InChI=1S/C27H27F2NO3.ClH/c1-32-25-5-3-4-20(27(25)33-2)16-30-15-14-24(31)23(17-30)26(18-6-10-21(28)11-7-18)19-8-12-22(29)13-9-19;/h3-13,23,26H,14-17H2,1-2H3;1H. The number of nitrogens with zero attached hydrogens (tertiary/aromatic N) is 1. The Bertz CT molecular complexity index is 1060. The third kappa shape index (κ3) is 5.57. The van der Waals surface area contributed by atoms with Gasteiger partial charge < -0.3 is 9.47 Å². The maximum atomic E-state index is 13.6. The molecule has 3 aromatic rings. The molecule has 180 valence electrons. The van der Waals surface area contributed by atoms with Crippen molar-refractivity contribution in [2.24, 2.45) is 5.92 Å². The summed E-state index contributed by atoms with van der Waals surface area (Å²) < 4.78 is 38.2. The zero-order valence-corrected chi connectivity index (χ0v) is 20.0. The smallest absolute Gasteiger partial charge is 0.165 e. The molecule has 1 heterocycles. The Morgan fingerprint density at radius 2 is 1.50 bits per heavy atom. The lowest BCUT2D eigenvalue weighted by Gasteiger charge is -2.36. The number of rotatable bonds is 7. The van der Waals surface area contributed by atoms with Gasteiger partial charge >= 0.3 is 0 Å². The number of benzene rings is 3. The average molecular weight is 488 g/mol. The lowest BCUT2D eigenvalue weighted by atomic mass is 9.76. The summed E-state index contributed by atoms with van der Waals surface area (Å²) in [6.45, 7) is 1.76. The number of piperidine rings is 1. The first-order valence-electron chi connectivity index (χ1n) is 11.0. The molecule has 4 nitrogen and oxygen atoms in total. The Hall–Kier alpha value is -2.96. The van der Waals surface area contributed by atoms with Crippen molar-refractivity contribution in [1.82, 2.24) is 4.90 Å². The first-order chi connectivity index (χ1) is 16.0. The van der Waals surface area contributed by atoms with Crippen molar-refractivity contribution in [3.63, 3.8) is 0 Å². The van der Waals surface area contributed by atoms with Gasteiger partial charge in [0.1, 0.15) is 17.4 Å². The monoisotopic (exact) mass is 487 g/mol. The van der Waals surface area contributed by atoms with E-state index in [1.807, 2.05) is 18.2 Å². The summed E-state index contributed by atoms with van der Waals surface area (Å²) in [4.78, 5) is 15.3. The van der Waals surface area contributed by atoms with Crippen LogP contribution in [0.4, 0.5) is 8.78 Å². The summed E-state index contributed by atoms with van der Waals surface area (Å²) in [5.74, 6) is 0.191. The molecule has 0 amide bonds. The van der Waals surface area contributed by atoms with E-state index in [1.54, 1.807) is 38.5 Å². The van der Waals surface area contributed by atoms with Crippen molar-refractivity contribution in [2.45, 2.75) is 18.9 Å². The zero-order chi connectivity index (χ0) is 23.4. The number of carbonyl (C=O) groups is 1. The van der Waals surface area contributed by atoms with E-state index in [1.165, 1.54) is 24.3 Å². The van der Waals surface area contributed by atoms with Crippen LogP contribution >= 0.6 is 12.4 Å². The molecule has 0 radical (unpaired) electrons. The highest BCUT2D eigenvalue weighted by molar-refractivity contribution is 5.85. The first kappa shape index (κ1) is 25.7. The topological polar surface area (TPSA) is 38.8 Å². The van der Waals surface area contributed by atoms with Gasteiger partial charge in [-0.25, -0.2) is 8.78 Å². The van der Waals surface area contributed by atoms with Crippen LogP contribution in [0.5, 0.6) is 11.5 Å². The molecular formula is C27H28ClF2NO3. The lowest BCUT2D eigenvalue weighted by Crippen LogP contribution is -2.43. The van der Waals surface area contributed by atoms with Crippen molar-refractivity contribution < 1.29 is 23.0 Å². The van der Waals surface area contributed by atoms with Crippen LogP contribution in [0, 0.1) is 17.6 Å². The van der Waals surface area contributed by atoms with Gasteiger partial charge in [-0.2, -0.15) is 0 Å². The van der Waals surface area contributed by atoms with Crippen LogP contribution in [0.15, 0.2) is 66.7 Å². The molecule has 1 unspecified atom stereocenters. The number of carbonyl (C=O) groups excluding carboxylic acids is 1. The third-order valence-corrected chi connectivity index (χ3v) is 6.28. The fraction of sp³-hybridized carbons (Fsp3) is 0.296. The van der Waals surface area contributed by atoms with Gasteiger partial charge in [0.25, 0.3) is 0 Å². The molecule has 34 heavy (non-hydrogen) atoms. The molecule has 0 saturated carbocycles. The summed E-state index contributed by atoms with van der Waals surface area (Å²) in [5.41, 5.74) is 2.65. The molecular weight excluding hydrogens is 460 g/mol. The molecule has 7 heteroatoms. The Morgan fingerprint density at radius 1 is 0.912 bits per heavy atom. The minimum atomic E-state index is -0.341. The molecule has 1 aliphatic heterocycles. The van der Waals surface area contributed by atoms with Gasteiger partial charge in [0.15, 0.2) is 11.5 Å². The van der Waals surface area contributed by atoms with Crippen molar-refractivity contribution in [3.05, 3.63) is 95.1 Å². The van der Waals surface area contributed by atoms with Crippen LogP contribution in [0.25, 0.3) is 0 Å². The summed E-state index contributed by atoms with van der Waals surface area (Å²) in [6.07, 6.45) is 0.413. The predicted octanol–water partition coefficient (Wildman–Crippen LogP) is 5.63. The van der Waals surface area contributed by atoms with E-state index in [-0.39, 0.29) is 41.7 Å². The Balaban J connectivity index is 0.00000324. The van der Waals surface area contributed by atoms with Crippen LogP contribution in [0.2, 0.25) is 0 Å². The number of methoxy groups -OCH3 is 2. The molecule has 0 bridgehead atoms. The van der Waals surface area contributed by atoms with E-state index in [2.05, 4.69) is 4.90 Å². The maximum absolute atomic E-state index is 13.6. The highest BCUT2D eigenvalue weighted by atomic mass is 35.5. The number of likely N-dealkylation sites (tertiary alicyclic amines) is 1. The fourth-order valence-corrected chi connectivity index (χ4v) is 4.68. The van der Waals surface area contributed by atoms with Gasteiger partial charge in [-0.1, -0.05) is 36.4 Å². The van der Waals surface area contributed by atoms with Gasteiger partial charge in [-0.3, -0.25) is 9.69 Å². The van der Waals surface area contributed by atoms with Crippen LogP contribution in [-0.2, 0) is 11.3 Å². The van der Waals surface area contributed by atoms with Gasteiger partial charge in [-0.15, -0.1) is 12.4 Å². The van der Waals surface area contributed by atoms with E-state index in [9.17, 15) is 13.6 Å². The second-order valence-electron chi connectivity index (χ2n) is 8.29. The second-order valence-corrected chi connectivity index (χ2v) is 8.29. The lowest BCUT2D eigenvalue weighted by molar-refractivity contribution is -0.126. The zero-order valence-electron chi connectivity index (χ0n) is 19.2. The van der Waals surface area contributed by atoms with Crippen LogP contribution in [0.1, 0.15) is 29.0 Å². The van der Waals surface area contributed by atoms with Crippen LogP contribution in [0.3, 0.4) is 0 Å². The predicted molar refractivity (Wildman–Crippen MR) is 130 cm³/mol. The van der Waals surface area contributed by atoms with E-state index < -0.39 is 0 Å². The quantitative estimate of drug-likeness (QED) is 0.433. The Labute approximate surface area is 204 Å². The maximum Gasteiger partial charge on any atom is 0.165 e. The number of hydrogen-bond donors (Lipinski definition) is 0. The van der Waals surface area contributed by atoms with Gasteiger partial charge in [-0.05, 0) is 41.5 Å². The molecule has 3 aromatic carbocycles. The van der Waals surface area contributed by atoms with E-state index in [4.69, 9.17) is 9.47 Å². The van der Waals surface area contributed by atoms with Crippen molar-refractivity contribution in [2.75, 3.05) is 27.3 Å². The number of hydrogen-bond acceptors (Lipinski definition) is 4. The molecule has 1 aliphatic rings. The minimum Gasteiger partial charge on any atom is -0.493 e. The molecule has 1 atom stereocenters. The number of halogens is 3. The second kappa shape index (κ2) is 11.4. The number of ether oxygens (including phenoxy) is 2. The normalized spacial score (nSPS) is 16.3. The minimum absolute atomic E-state index is 0. The summed E-state index contributed by atoms with van der Waals surface area (Å²) >= 11 is 0. The average Bonchev–Trinajstić information content (AvgIpc) is 2.83. The molecule has 1 fully saturated rings. The molecule has 0 spiro atoms. The Kier molecular flexibility index (Phi) is 8.64. The van der Waals surface area contributed by atoms with Crippen LogP contribution < -0.4 is 9.47 Å². The van der Waals surface area contributed by atoms with Gasteiger partial charge in [0, 0.05) is 43.5 Å². The molecule has 0 N–H and O–H groups in total. The highest BCUT2D eigenvalue weighted by Crippen LogP contribution is 2.37. The molecule has 0 aromatic heterocycles. The van der Waals surface area contributed by atoms with Crippen LogP contribution in [-0.4, -0.2) is 38.0 Å².